The number of ether oxygens (including phenoxy) is 1. The lowest BCUT2D eigenvalue weighted by Gasteiger charge is -2.36. The van der Waals surface area contributed by atoms with Crippen molar-refractivity contribution in [1.29, 1.82) is 0 Å². The van der Waals surface area contributed by atoms with E-state index in [4.69, 9.17) is 4.74 Å². The highest BCUT2D eigenvalue weighted by molar-refractivity contribution is 5.81. The van der Waals surface area contributed by atoms with Crippen molar-refractivity contribution in [2.45, 2.75) is 76.7 Å². The number of carbonyl (C=O) groups excluding carboxylic acids is 1. The number of nitrogens with one attached hydrogen (secondary N) is 1. The largest absolute Gasteiger partial charge is 0.394 e. The van der Waals surface area contributed by atoms with Gasteiger partial charge in [0, 0.05) is 18.7 Å². The van der Waals surface area contributed by atoms with Gasteiger partial charge in [-0.05, 0) is 38.5 Å². The zero-order valence-corrected chi connectivity index (χ0v) is 14.4. The van der Waals surface area contributed by atoms with Gasteiger partial charge in [-0.1, -0.05) is 18.6 Å². The Hall–Kier alpha value is -1.47. The summed E-state index contributed by atoms with van der Waals surface area (Å²) in [7, 11) is 0. The van der Waals surface area contributed by atoms with Crippen LogP contribution in [0.3, 0.4) is 0 Å². The number of rotatable bonds is 8. The van der Waals surface area contributed by atoms with Crippen LogP contribution in [0, 0.1) is 5.92 Å². The lowest BCUT2D eigenvalue weighted by atomic mass is 9.97. The highest BCUT2D eigenvalue weighted by Gasteiger charge is 2.36. The minimum absolute atomic E-state index is 0.0594. The van der Waals surface area contributed by atoms with Gasteiger partial charge in [-0.15, -0.1) is 5.10 Å². The van der Waals surface area contributed by atoms with Gasteiger partial charge in [0.2, 0.25) is 5.91 Å². The Kier molecular flexibility index (Phi) is 5.84. The maximum absolute atomic E-state index is 11.9. The maximum atomic E-state index is 11.9. The molecule has 134 valence electrons. The molecule has 2 heterocycles. The number of aryl methyl sites for hydroxylation is 2. The molecule has 2 fully saturated rings. The molecule has 2 aliphatic rings. The second-order valence-electron chi connectivity index (χ2n) is 6.96. The average Bonchev–Trinajstić information content (AvgIpc) is 3.35. The number of aliphatic hydroxyl groups excluding tert-OH is 1. The minimum Gasteiger partial charge on any atom is -0.394 e. The number of hydrogen-bond donors (Lipinski definition) is 2. The first-order valence-electron chi connectivity index (χ1n) is 9.15. The molecular weight excluding hydrogens is 308 g/mol. The summed E-state index contributed by atoms with van der Waals surface area (Å²) in [5.74, 6) is 0.304. The van der Waals surface area contributed by atoms with Gasteiger partial charge < -0.3 is 15.2 Å². The smallest absolute Gasteiger partial charge is 0.223 e. The second-order valence-corrected chi connectivity index (χ2v) is 6.96. The molecule has 7 heteroatoms. The highest BCUT2D eigenvalue weighted by Crippen LogP contribution is 2.30. The van der Waals surface area contributed by atoms with Crippen LogP contribution in [-0.2, 0) is 22.5 Å². The third-order valence-corrected chi connectivity index (χ3v) is 4.84. The summed E-state index contributed by atoms with van der Waals surface area (Å²) in [6, 6.07) is -0.0677. The Bertz CT molecular complexity index is 544. The van der Waals surface area contributed by atoms with Gasteiger partial charge in [-0.3, -0.25) is 9.48 Å². The Morgan fingerprint density at radius 1 is 1.42 bits per heavy atom. The van der Waals surface area contributed by atoms with E-state index in [1.165, 1.54) is 0 Å². The van der Waals surface area contributed by atoms with Crippen LogP contribution in [0.4, 0.5) is 0 Å². The Balaban J connectivity index is 1.45. The molecule has 3 atom stereocenters. The van der Waals surface area contributed by atoms with E-state index in [-0.39, 0.29) is 36.7 Å². The van der Waals surface area contributed by atoms with E-state index in [0.717, 1.165) is 57.2 Å². The van der Waals surface area contributed by atoms with Gasteiger partial charge in [0.05, 0.1) is 24.4 Å². The predicted molar refractivity (Wildman–Crippen MR) is 88.3 cm³/mol. The fraction of sp³-hybridized carbons (Fsp3) is 0.824. The van der Waals surface area contributed by atoms with Crippen LogP contribution in [0.15, 0.2) is 6.20 Å². The van der Waals surface area contributed by atoms with Crippen molar-refractivity contribution in [3.05, 3.63) is 11.9 Å². The van der Waals surface area contributed by atoms with Crippen molar-refractivity contribution in [2.24, 2.45) is 5.92 Å². The molecule has 1 aliphatic heterocycles. The van der Waals surface area contributed by atoms with Crippen molar-refractivity contribution in [1.82, 2.24) is 20.3 Å². The molecule has 1 saturated carbocycles. The molecule has 0 spiro atoms. The number of aliphatic hydroxyl groups is 1. The van der Waals surface area contributed by atoms with Gasteiger partial charge in [0.15, 0.2) is 0 Å². The van der Waals surface area contributed by atoms with Gasteiger partial charge in [-0.25, -0.2) is 0 Å². The van der Waals surface area contributed by atoms with Crippen LogP contribution >= 0.6 is 0 Å². The van der Waals surface area contributed by atoms with E-state index in [1.807, 2.05) is 10.9 Å². The third-order valence-electron chi connectivity index (χ3n) is 4.84. The van der Waals surface area contributed by atoms with Crippen LogP contribution in [0.25, 0.3) is 0 Å². The zero-order chi connectivity index (χ0) is 16.9. The summed E-state index contributed by atoms with van der Waals surface area (Å²) in [6.45, 7) is 2.83. The average molecular weight is 336 g/mol. The molecule has 0 radical (unpaired) electrons. The minimum atomic E-state index is -0.308. The molecule has 7 nitrogen and oxygen atoms in total. The summed E-state index contributed by atoms with van der Waals surface area (Å²) in [5.41, 5.74) is 1.03. The lowest BCUT2D eigenvalue weighted by Crippen LogP contribution is -2.51. The van der Waals surface area contributed by atoms with Crippen molar-refractivity contribution in [3.8, 4) is 0 Å². The number of aromatic nitrogens is 3. The fourth-order valence-electron chi connectivity index (χ4n) is 3.25. The predicted octanol–water partition coefficient (Wildman–Crippen LogP) is 1.06. The van der Waals surface area contributed by atoms with E-state index in [2.05, 4.69) is 22.6 Å². The molecule has 24 heavy (non-hydrogen) atoms. The van der Waals surface area contributed by atoms with Gasteiger partial charge >= 0.3 is 0 Å². The summed E-state index contributed by atoms with van der Waals surface area (Å²) < 4.78 is 7.86. The van der Waals surface area contributed by atoms with E-state index < -0.39 is 0 Å². The highest BCUT2D eigenvalue weighted by atomic mass is 16.5. The summed E-state index contributed by atoms with van der Waals surface area (Å²) >= 11 is 0. The fourth-order valence-corrected chi connectivity index (χ4v) is 3.25. The Morgan fingerprint density at radius 2 is 2.25 bits per heavy atom. The quantitative estimate of drug-likeness (QED) is 0.741. The zero-order valence-electron chi connectivity index (χ0n) is 14.4. The molecule has 1 aliphatic carbocycles. The van der Waals surface area contributed by atoms with Crippen LogP contribution in [0.5, 0.6) is 0 Å². The molecule has 1 aromatic rings. The van der Waals surface area contributed by atoms with E-state index in [0.29, 0.717) is 0 Å². The second kappa shape index (κ2) is 8.07. The lowest BCUT2D eigenvalue weighted by molar-refractivity contribution is -0.129. The summed E-state index contributed by atoms with van der Waals surface area (Å²) in [6.07, 6.45) is 8.37. The number of hydrogen-bond acceptors (Lipinski definition) is 5. The first kappa shape index (κ1) is 17.4. The maximum Gasteiger partial charge on any atom is 0.223 e. The van der Waals surface area contributed by atoms with Crippen LogP contribution in [0.1, 0.15) is 51.1 Å². The van der Waals surface area contributed by atoms with Crippen molar-refractivity contribution >= 4 is 5.91 Å². The number of nitrogens with zero attached hydrogens (tertiary/aromatic N) is 3. The standard InChI is InChI=1S/C17H28N4O3/c1-2-3-13-10-21(20-19-13)9-8-14-6-7-15(16(11-22)24-14)18-17(23)12-4-5-12/h10,12,14-16,22H,2-9,11H2,1H3,(H,18,23)/t14-,15+,16+/m1/s1. The first-order chi connectivity index (χ1) is 11.7. The molecule has 2 N–H and O–H groups in total. The Morgan fingerprint density at radius 3 is 2.96 bits per heavy atom. The molecule has 3 rings (SSSR count). The molecule has 0 bridgehead atoms. The molecule has 1 saturated heterocycles. The third kappa shape index (κ3) is 4.54. The van der Waals surface area contributed by atoms with Crippen molar-refractivity contribution in [3.63, 3.8) is 0 Å². The SMILES string of the molecule is CCCc1cn(CC[C@H]2CC[C@H](NC(=O)C3CC3)[C@H](CO)O2)nn1. The molecule has 1 amide bonds. The topological polar surface area (TPSA) is 89.3 Å². The van der Waals surface area contributed by atoms with E-state index in [9.17, 15) is 9.90 Å². The monoisotopic (exact) mass is 336 g/mol. The summed E-state index contributed by atoms with van der Waals surface area (Å²) in [5, 5.41) is 20.9. The van der Waals surface area contributed by atoms with Crippen molar-refractivity contribution < 1.29 is 14.6 Å². The normalized spacial score (nSPS) is 27.2. The molecule has 0 unspecified atom stereocenters. The van der Waals surface area contributed by atoms with E-state index in [1.54, 1.807) is 0 Å². The Labute approximate surface area is 142 Å². The molecule has 1 aromatic heterocycles. The van der Waals surface area contributed by atoms with Crippen LogP contribution in [-0.4, -0.2) is 50.9 Å². The number of amides is 1. The van der Waals surface area contributed by atoms with Crippen LogP contribution in [0.2, 0.25) is 0 Å². The summed E-state index contributed by atoms with van der Waals surface area (Å²) in [4.78, 5) is 11.9. The van der Waals surface area contributed by atoms with Crippen molar-refractivity contribution in [2.75, 3.05) is 6.61 Å². The molecular formula is C17H28N4O3. The van der Waals surface area contributed by atoms with Gasteiger partial charge in [0.25, 0.3) is 0 Å². The van der Waals surface area contributed by atoms with E-state index >= 15 is 0 Å². The van der Waals surface area contributed by atoms with Crippen LogP contribution < -0.4 is 5.32 Å². The number of carbonyl (C=O) groups is 1. The molecule has 0 aromatic carbocycles. The van der Waals surface area contributed by atoms with Gasteiger partial charge in [-0.2, -0.15) is 0 Å². The first-order valence-corrected chi connectivity index (χ1v) is 9.15. The van der Waals surface area contributed by atoms with Gasteiger partial charge in [0.1, 0.15) is 6.10 Å².